The average Bonchev–Trinajstić information content (AvgIpc) is 2.69. The molecule has 3 rings (SSSR count). The van der Waals surface area contributed by atoms with Crippen molar-refractivity contribution in [3.63, 3.8) is 0 Å². The summed E-state index contributed by atoms with van der Waals surface area (Å²) in [6, 6.07) is 10.5. The van der Waals surface area contributed by atoms with Crippen LogP contribution in [0.4, 0.5) is 0 Å². The highest BCUT2D eigenvalue weighted by Crippen LogP contribution is 2.22. The number of benzene rings is 1. The monoisotopic (exact) mass is 390 g/mol. The Kier molecular flexibility index (Phi) is 6.55. The molecule has 2 aliphatic heterocycles. The SMILES string of the molecule is CN=C(NCC1CCN(S(C)(=O)=O)CC1)N1CC=C(c2ccccc2)CC1. The van der Waals surface area contributed by atoms with Crippen molar-refractivity contribution < 1.29 is 8.42 Å². The fraction of sp³-hybridized carbons (Fsp3) is 0.550. The standard InChI is InChI=1S/C20H30N4O2S/c1-21-20(22-16-17-8-14-24(15-9-17)27(2,25)26)23-12-10-19(11-13-23)18-6-4-3-5-7-18/h3-7,10,17H,8-9,11-16H2,1-2H3,(H,21,22). The lowest BCUT2D eigenvalue weighted by molar-refractivity contribution is 0.273. The van der Waals surface area contributed by atoms with Gasteiger partial charge in [-0.15, -0.1) is 0 Å². The van der Waals surface area contributed by atoms with E-state index in [0.717, 1.165) is 44.9 Å². The first-order valence-corrected chi connectivity index (χ1v) is 11.5. The van der Waals surface area contributed by atoms with Crippen LogP contribution in [0, 0.1) is 5.92 Å². The smallest absolute Gasteiger partial charge is 0.211 e. The molecule has 0 unspecified atom stereocenters. The summed E-state index contributed by atoms with van der Waals surface area (Å²) in [6.45, 7) is 3.90. The number of hydrogen-bond acceptors (Lipinski definition) is 3. The van der Waals surface area contributed by atoms with E-state index in [-0.39, 0.29) is 0 Å². The van der Waals surface area contributed by atoms with Crippen LogP contribution in [0.2, 0.25) is 0 Å². The topological polar surface area (TPSA) is 65.0 Å². The van der Waals surface area contributed by atoms with Crippen molar-refractivity contribution in [1.82, 2.24) is 14.5 Å². The Morgan fingerprint density at radius 1 is 1.19 bits per heavy atom. The molecule has 1 saturated heterocycles. The van der Waals surface area contributed by atoms with Gasteiger partial charge in [0, 0.05) is 39.8 Å². The zero-order chi connectivity index (χ0) is 19.3. The van der Waals surface area contributed by atoms with Gasteiger partial charge in [0.2, 0.25) is 10.0 Å². The highest BCUT2D eigenvalue weighted by atomic mass is 32.2. The van der Waals surface area contributed by atoms with Crippen molar-refractivity contribution in [2.75, 3.05) is 46.0 Å². The number of rotatable bonds is 4. The van der Waals surface area contributed by atoms with Crippen molar-refractivity contribution in [1.29, 1.82) is 0 Å². The quantitative estimate of drug-likeness (QED) is 0.631. The van der Waals surface area contributed by atoms with E-state index in [0.29, 0.717) is 19.0 Å². The highest BCUT2D eigenvalue weighted by molar-refractivity contribution is 7.88. The Hall–Kier alpha value is -1.86. The maximum atomic E-state index is 11.6. The maximum absolute atomic E-state index is 11.6. The summed E-state index contributed by atoms with van der Waals surface area (Å²) in [4.78, 5) is 6.72. The first kappa shape index (κ1) is 19.9. The Morgan fingerprint density at radius 3 is 2.44 bits per heavy atom. The van der Waals surface area contributed by atoms with Gasteiger partial charge in [-0.2, -0.15) is 0 Å². The molecule has 2 aliphatic rings. The Bertz CT molecular complexity index is 781. The van der Waals surface area contributed by atoms with Gasteiger partial charge in [-0.3, -0.25) is 4.99 Å². The highest BCUT2D eigenvalue weighted by Gasteiger charge is 2.25. The molecule has 0 bridgehead atoms. The minimum Gasteiger partial charge on any atom is -0.356 e. The molecule has 0 aliphatic carbocycles. The molecule has 0 amide bonds. The first-order valence-electron chi connectivity index (χ1n) is 9.62. The number of guanidine groups is 1. The number of aliphatic imine (C=N–C) groups is 1. The van der Waals surface area contributed by atoms with Crippen LogP contribution in [0.25, 0.3) is 5.57 Å². The van der Waals surface area contributed by atoms with Crippen LogP contribution in [0.5, 0.6) is 0 Å². The number of nitrogens with one attached hydrogen (secondary N) is 1. The molecule has 2 heterocycles. The molecule has 7 heteroatoms. The van der Waals surface area contributed by atoms with Gasteiger partial charge in [-0.1, -0.05) is 36.4 Å². The van der Waals surface area contributed by atoms with E-state index in [9.17, 15) is 8.42 Å². The van der Waals surface area contributed by atoms with Crippen LogP contribution in [0.3, 0.4) is 0 Å². The predicted octanol–water partition coefficient (Wildman–Crippen LogP) is 2.02. The largest absolute Gasteiger partial charge is 0.356 e. The molecular weight excluding hydrogens is 360 g/mol. The van der Waals surface area contributed by atoms with E-state index in [1.54, 1.807) is 4.31 Å². The van der Waals surface area contributed by atoms with E-state index in [4.69, 9.17) is 0 Å². The Morgan fingerprint density at radius 2 is 1.89 bits per heavy atom. The van der Waals surface area contributed by atoms with Crippen LogP contribution >= 0.6 is 0 Å². The van der Waals surface area contributed by atoms with Crippen LogP contribution in [0.1, 0.15) is 24.8 Å². The summed E-state index contributed by atoms with van der Waals surface area (Å²) in [7, 11) is -1.23. The lowest BCUT2D eigenvalue weighted by Gasteiger charge is -2.33. The van der Waals surface area contributed by atoms with E-state index in [1.165, 1.54) is 17.4 Å². The third kappa shape index (κ3) is 5.32. The molecule has 0 atom stereocenters. The van der Waals surface area contributed by atoms with E-state index in [2.05, 4.69) is 45.6 Å². The average molecular weight is 391 g/mol. The normalized spacial score (nSPS) is 20.4. The van der Waals surface area contributed by atoms with Gasteiger partial charge in [0.1, 0.15) is 0 Å². The van der Waals surface area contributed by atoms with Gasteiger partial charge >= 0.3 is 0 Å². The summed E-state index contributed by atoms with van der Waals surface area (Å²) in [5.74, 6) is 1.42. The number of piperidine rings is 1. The first-order chi connectivity index (χ1) is 13.0. The van der Waals surface area contributed by atoms with Crippen LogP contribution in [0.15, 0.2) is 41.4 Å². The molecular formula is C20H30N4O2S. The fourth-order valence-corrected chi connectivity index (χ4v) is 4.66. The molecule has 27 heavy (non-hydrogen) atoms. The molecule has 148 valence electrons. The van der Waals surface area contributed by atoms with Crippen LogP contribution < -0.4 is 5.32 Å². The molecule has 6 nitrogen and oxygen atoms in total. The molecule has 1 aromatic carbocycles. The van der Waals surface area contributed by atoms with E-state index < -0.39 is 10.0 Å². The lowest BCUT2D eigenvalue weighted by Crippen LogP contribution is -2.46. The van der Waals surface area contributed by atoms with Gasteiger partial charge in [0.25, 0.3) is 0 Å². The molecule has 0 aromatic heterocycles. The molecule has 1 aromatic rings. The summed E-state index contributed by atoms with van der Waals surface area (Å²) >= 11 is 0. The van der Waals surface area contributed by atoms with Crippen molar-refractivity contribution in [3.05, 3.63) is 42.0 Å². The van der Waals surface area contributed by atoms with Gasteiger partial charge in [-0.05, 0) is 36.3 Å². The molecule has 0 radical (unpaired) electrons. The van der Waals surface area contributed by atoms with Crippen molar-refractivity contribution >= 4 is 21.6 Å². The predicted molar refractivity (Wildman–Crippen MR) is 111 cm³/mol. The molecule has 1 N–H and O–H groups in total. The molecule has 0 spiro atoms. The number of sulfonamides is 1. The summed E-state index contributed by atoms with van der Waals surface area (Å²) < 4.78 is 24.8. The maximum Gasteiger partial charge on any atom is 0.211 e. The van der Waals surface area contributed by atoms with Crippen LogP contribution in [-0.2, 0) is 10.0 Å². The van der Waals surface area contributed by atoms with Gasteiger partial charge in [-0.25, -0.2) is 12.7 Å². The van der Waals surface area contributed by atoms with E-state index in [1.807, 2.05) is 13.1 Å². The van der Waals surface area contributed by atoms with Crippen molar-refractivity contribution in [3.8, 4) is 0 Å². The van der Waals surface area contributed by atoms with Gasteiger partial charge in [0.15, 0.2) is 5.96 Å². The second-order valence-corrected chi connectivity index (χ2v) is 9.31. The number of nitrogens with zero attached hydrogens (tertiary/aromatic N) is 3. The zero-order valence-electron chi connectivity index (χ0n) is 16.3. The summed E-state index contributed by atoms with van der Waals surface area (Å²) in [6.07, 6.45) is 6.39. The third-order valence-electron chi connectivity index (χ3n) is 5.46. The second kappa shape index (κ2) is 8.89. The third-order valence-corrected chi connectivity index (χ3v) is 6.76. The second-order valence-electron chi connectivity index (χ2n) is 7.32. The summed E-state index contributed by atoms with van der Waals surface area (Å²) in [5, 5.41) is 3.50. The molecule has 0 saturated carbocycles. The van der Waals surface area contributed by atoms with E-state index >= 15 is 0 Å². The van der Waals surface area contributed by atoms with Crippen molar-refractivity contribution in [2.24, 2.45) is 10.9 Å². The Balaban J connectivity index is 1.49. The fourth-order valence-electron chi connectivity index (χ4n) is 3.79. The van der Waals surface area contributed by atoms with Crippen molar-refractivity contribution in [2.45, 2.75) is 19.3 Å². The zero-order valence-corrected chi connectivity index (χ0v) is 17.1. The summed E-state index contributed by atoms with van der Waals surface area (Å²) in [5.41, 5.74) is 2.70. The number of hydrogen-bond donors (Lipinski definition) is 1. The van der Waals surface area contributed by atoms with Gasteiger partial charge in [0.05, 0.1) is 6.26 Å². The Labute approximate surface area is 163 Å². The van der Waals surface area contributed by atoms with Crippen LogP contribution in [-0.4, -0.2) is 69.6 Å². The lowest BCUT2D eigenvalue weighted by atomic mass is 9.98. The van der Waals surface area contributed by atoms with Gasteiger partial charge < -0.3 is 10.2 Å². The minimum atomic E-state index is -3.06. The molecule has 1 fully saturated rings. The minimum absolute atomic E-state index is 0.486.